The first-order valence-electron chi connectivity index (χ1n) is 5.19. The Kier molecular flexibility index (Phi) is 4.02. The SMILES string of the molecule is OCCSc1nccn1Cc1ccccc1. The van der Waals surface area contributed by atoms with E-state index in [4.69, 9.17) is 5.11 Å². The number of aliphatic hydroxyl groups excluding tert-OH is 1. The molecule has 0 radical (unpaired) electrons. The normalized spacial score (nSPS) is 10.6. The number of hydrogen-bond acceptors (Lipinski definition) is 3. The maximum Gasteiger partial charge on any atom is 0.168 e. The number of aliphatic hydroxyl groups is 1. The maximum absolute atomic E-state index is 8.79. The number of rotatable bonds is 5. The lowest BCUT2D eigenvalue weighted by Crippen LogP contribution is -2.01. The van der Waals surface area contributed by atoms with Crippen molar-refractivity contribution in [3.63, 3.8) is 0 Å². The minimum Gasteiger partial charge on any atom is -0.396 e. The van der Waals surface area contributed by atoms with Crippen LogP contribution in [0, 0.1) is 0 Å². The third-order valence-corrected chi connectivity index (χ3v) is 3.18. The Hall–Kier alpha value is -1.26. The van der Waals surface area contributed by atoms with Gasteiger partial charge in [0.2, 0.25) is 0 Å². The van der Waals surface area contributed by atoms with Gasteiger partial charge in [0.25, 0.3) is 0 Å². The van der Waals surface area contributed by atoms with Gasteiger partial charge in [-0.15, -0.1) is 0 Å². The maximum atomic E-state index is 8.79. The van der Waals surface area contributed by atoms with Crippen LogP contribution in [0.2, 0.25) is 0 Å². The predicted octanol–water partition coefficient (Wildman–Crippen LogP) is 2.02. The van der Waals surface area contributed by atoms with Crippen LogP contribution in [0.5, 0.6) is 0 Å². The van der Waals surface area contributed by atoms with Crippen LogP contribution in [-0.2, 0) is 6.54 Å². The summed E-state index contributed by atoms with van der Waals surface area (Å²) in [5.41, 5.74) is 1.26. The Balaban J connectivity index is 2.07. The van der Waals surface area contributed by atoms with Crippen molar-refractivity contribution in [2.75, 3.05) is 12.4 Å². The molecule has 0 bridgehead atoms. The van der Waals surface area contributed by atoms with Crippen LogP contribution in [0.25, 0.3) is 0 Å². The predicted molar refractivity (Wildman–Crippen MR) is 65.6 cm³/mol. The lowest BCUT2D eigenvalue weighted by atomic mass is 10.2. The molecule has 0 amide bonds. The highest BCUT2D eigenvalue weighted by Gasteiger charge is 2.03. The summed E-state index contributed by atoms with van der Waals surface area (Å²) in [7, 11) is 0. The second-order valence-corrected chi connectivity index (χ2v) is 4.46. The number of hydrogen-bond donors (Lipinski definition) is 1. The van der Waals surface area contributed by atoms with Gasteiger partial charge in [-0.05, 0) is 5.56 Å². The van der Waals surface area contributed by atoms with Crippen molar-refractivity contribution >= 4 is 11.8 Å². The average Bonchev–Trinajstić information content (AvgIpc) is 2.75. The Bertz CT molecular complexity index is 428. The summed E-state index contributed by atoms with van der Waals surface area (Å²) in [5, 5.41) is 9.74. The summed E-state index contributed by atoms with van der Waals surface area (Å²) in [6, 6.07) is 10.3. The van der Waals surface area contributed by atoms with E-state index in [0.717, 1.165) is 11.7 Å². The minimum atomic E-state index is 0.183. The molecule has 0 aliphatic rings. The second kappa shape index (κ2) is 5.72. The zero-order valence-corrected chi connectivity index (χ0v) is 9.73. The van der Waals surface area contributed by atoms with E-state index < -0.39 is 0 Å². The Morgan fingerprint density at radius 1 is 1.25 bits per heavy atom. The zero-order valence-electron chi connectivity index (χ0n) is 8.91. The lowest BCUT2D eigenvalue weighted by molar-refractivity contribution is 0.322. The van der Waals surface area contributed by atoms with Crippen LogP contribution in [-0.4, -0.2) is 27.0 Å². The molecule has 0 saturated heterocycles. The molecular weight excluding hydrogens is 220 g/mol. The molecule has 4 heteroatoms. The van der Waals surface area contributed by atoms with E-state index in [2.05, 4.69) is 21.7 Å². The van der Waals surface area contributed by atoms with E-state index in [0.29, 0.717) is 5.75 Å². The van der Waals surface area contributed by atoms with Crippen LogP contribution in [0.4, 0.5) is 0 Å². The van der Waals surface area contributed by atoms with Gasteiger partial charge in [0.15, 0.2) is 5.16 Å². The fourth-order valence-electron chi connectivity index (χ4n) is 1.47. The Morgan fingerprint density at radius 3 is 2.81 bits per heavy atom. The molecule has 1 aromatic carbocycles. The molecule has 0 unspecified atom stereocenters. The summed E-state index contributed by atoms with van der Waals surface area (Å²) in [6.45, 7) is 1.01. The zero-order chi connectivity index (χ0) is 11.2. The molecule has 0 atom stereocenters. The molecule has 1 heterocycles. The quantitative estimate of drug-likeness (QED) is 0.804. The monoisotopic (exact) mass is 234 g/mol. The molecule has 0 spiro atoms. The number of nitrogens with zero attached hydrogens (tertiary/aromatic N) is 2. The number of imidazole rings is 1. The Labute approximate surface area is 99.1 Å². The smallest absolute Gasteiger partial charge is 0.168 e. The third kappa shape index (κ3) is 2.87. The van der Waals surface area contributed by atoms with Gasteiger partial charge in [0.05, 0.1) is 6.61 Å². The van der Waals surface area contributed by atoms with E-state index in [1.807, 2.05) is 24.4 Å². The number of benzene rings is 1. The largest absolute Gasteiger partial charge is 0.396 e. The lowest BCUT2D eigenvalue weighted by Gasteiger charge is -2.06. The first kappa shape index (κ1) is 11.2. The van der Waals surface area contributed by atoms with Crippen LogP contribution < -0.4 is 0 Å². The summed E-state index contributed by atoms with van der Waals surface area (Å²) < 4.78 is 2.09. The van der Waals surface area contributed by atoms with Gasteiger partial charge in [0, 0.05) is 24.7 Å². The van der Waals surface area contributed by atoms with Crippen molar-refractivity contribution in [2.24, 2.45) is 0 Å². The summed E-state index contributed by atoms with van der Waals surface area (Å²) in [5.74, 6) is 0.686. The molecule has 84 valence electrons. The molecule has 0 saturated carbocycles. The first-order valence-corrected chi connectivity index (χ1v) is 6.17. The summed E-state index contributed by atoms with van der Waals surface area (Å²) in [6.07, 6.45) is 3.76. The molecule has 2 aromatic rings. The topological polar surface area (TPSA) is 38.1 Å². The van der Waals surface area contributed by atoms with Gasteiger partial charge < -0.3 is 9.67 Å². The first-order chi connectivity index (χ1) is 7.90. The van der Waals surface area contributed by atoms with Crippen molar-refractivity contribution in [3.05, 3.63) is 48.3 Å². The molecule has 1 N–H and O–H groups in total. The average molecular weight is 234 g/mol. The van der Waals surface area contributed by atoms with E-state index in [1.54, 1.807) is 18.0 Å². The van der Waals surface area contributed by atoms with E-state index in [9.17, 15) is 0 Å². The van der Waals surface area contributed by atoms with Crippen molar-refractivity contribution < 1.29 is 5.11 Å². The minimum absolute atomic E-state index is 0.183. The standard InChI is InChI=1S/C12H14N2OS/c15-8-9-16-12-13-6-7-14(12)10-11-4-2-1-3-5-11/h1-7,15H,8-10H2. The van der Waals surface area contributed by atoms with Crippen LogP contribution >= 0.6 is 11.8 Å². The van der Waals surface area contributed by atoms with Gasteiger partial charge in [0.1, 0.15) is 0 Å². The van der Waals surface area contributed by atoms with Crippen molar-refractivity contribution in [3.8, 4) is 0 Å². The highest BCUT2D eigenvalue weighted by Crippen LogP contribution is 2.16. The van der Waals surface area contributed by atoms with E-state index >= 15 is 0 Å². The van der Waals surface area contributed by atoms with Gasteiger partial charge in [-0.25, -0.2) is 4.98 Å². The number of thioether (sulfide) groups is 1. The second-order valence-electron chi connectivity index (χ2n) is 3.40. The molecule has 0 fully saturated rings. The molecule has 16 heavy (non-hydrogen) atoms. The van der Waals surface area contributed by atoms with Gasteiger partial charge >= 0.3 is 0 Å². The Morgan fingerprint density at radius 2 is 2.06 bits per heavy atom. The summed E-state index contributed by atoms with van der Waals surface area (Å²) in [4.78, 5) is 4.26. The van der Waals surface area contributed by atoms with Gasteiger partial charge in [-0.3, -0.25) is 0 Å². The highest BCUT2D eigenvalue weighted by molar-refractivity contribution is 7.99. The fraction of sp³-hybridized carbons (Fsp3) is 0.250. The van der Waals surface area contributed by atoms with Crippen molar-refractivity contribution in [1.82, 2.24) is 9.55 Å². The molecule has 0 aliphatic heterocycles. The van der Waals surface area contributed by atoms with Crippen LogP contribution in [0.1, 0.15) is 5.56 Å². The number of aromatic nitrogens is 2. The van der Waals surface area contributed by atoms with Crippen LogP contribution in [0.3, 0.4) is 0 Å². The van der Waals surface area contributed by atoms with Crippen molar-refractivity contribution in [1.29, 1.82) is 0 Å². The van der Waals surface area contributed by atoms with E-state index in [1.165, 1.54) is 5.56 Å². The molecule has 0 aliphatic carbocycles. The molecular formula is C12H14N2OS. The van der Waals surface area contributed by atoms with Gasteiger partial charge in [-0.2, -0.15) is 0 Å². The van der Waals surface area contributed by atoms with Crippen LogP contribution in [0.15, 0.2) is 47.9 Å². The molecule has 2 rings (SSSR count). The van der Waals surface area contributed by atoms with Gasteiger partial charge in [-0.1, -0.05) is 42.1 Å². The van der Waals surface area contributed by atoms with E-state index in [-0.39, 0.29) is 6.61 Å². The summed E-state index contributed by atoms with van der Waals surface area (Å²) >= 11 is 1.57. The molecule has 1 aromatic heterocycles. The fourth-order valence-corrected chi connectivity index (χ4v) is 2.17. The third-order valence-electron chi connectivity index (χ3n) is 2.20. The highest BCUT2D eigenvalue weighted by atomic mass is 32.2. The van der Waals surface area contributed by atoms with Crippen molar-refractivity contribution in [2.45, 2.75) is 11.7 Å². The molecule has 3 nitrogen and oxygen atoms in total.